The first kappa shape index (κ1) is 15.4. The van der Waals surface area contributed by atoms with Crippen LogP contribution in [-0.4, -0.2) is 23.1 Å². The summed E-state index contributed by atoms with van der Waals surface area (Å²) in [7, 11) is 0. The molecule has 0 bridgehead atoms. The monoisotopic (exact) mass is 295 g/mol. The zero-order valence-corrected chi connectivity index (χ0v) is 12.8. The van der Waals surface area contributed by atoms with Crippen LogP contribution < -0.4 is 0 Å². The van der Waals surface area contributed by atoms with E-state index in [2.05, 4.69) is 6.92 Å². The largest absolute Gasteiger partial charge is 0.326 e. The van der Waals surface area contributed by atoms with Crippen LogP contribution in [-0.2, 0) is 4.79 Å². The molecule has 4 heteroatoms. The molecule has 1 heterocycles. The minimum Gasteiger partial charge on any atom is -0.326 e. The highest BCUT2D eigenvalue weighted by atomic mass is 32.2. The van der Waals surface area contributed by atoms with Gasteiger partial charge in [0.15, 0.2) is 0 Å². The van der Waals surface area contributed by atoms with Gasteiger partial charge >= 0.3 is 0 Å². The van der Waals surface area contributed by atoms with Crippen molar-refractivity contribution in [2.24, 2.45) is 0 Å². The van der Waals surface area contributed by atoms with Gasteiger partial charge in [0.2, 0.25) is 5.91 Å². The number of unbranched alkanes of at least 4 members (excludes halogenated alkanes) is 3. The van der Waals surface area contributed by atoms with Crippen molar-refractivity contribution in [3.05, 3.63) is 35.6 Å². The smallest absolute Gasteiger partial charge is 0.223 e. The van der Waals surface area contributed by atoms with Crippen LogP contribution in [0.15, 0.2) is 24.3 Å². The number of carbonyl (C=O) groups excluding carboxylic acids is 1. The van der Waals surface area contributed by atoms with Gasteiger partial charge in [0.25, 0.3) is 0 Å². The lowest BCUT2D eigenvalue weighted by Gasteiger charge is -2.24. The van der Waals surface area contributed by atoms with Crippen molar-refractivity contribution in [3.63, 3.8) is 0 Å². The molecule has 1 fully saturated rings. The summed E-state index contributed by atoms with van der Waals surface area (Å²) in [6.07, 6.45) is 5.07. The summed E-state index contributed by atoms with van der Waals surface area (Å²) in [4.78, 5) is 14.2. The quantitative estimate of drug-likeness (QED) is 0.726. The van der Waals surface area contributed by atoms with Crippen molar-refractivity contribution in [3.8, 4) is 0 Å². The van der Waals surface area contributed by atoms with E-state index < -0.39 is 0 Å². The number of thioether (sulfide) groups is 1. The molecule has 2 rings (SSSR count). The van der Waals surface area contributed by atoms with Crippen molar-refractivity contribution in [2.75, 3.05) is 12.3 Å². The van der Waals surface area contributed by atoms with Gasteiger partial charge in [0.05, 0.1) is 0 Å². The van der Waals surface area contributed by atoms with Gasteiger partial charge in [-0.2, -0.15) is 0 Å². The first-order valence-corrected chi connectivity index (χ1v) is 8.43. The molecule has 1 atom stereocenters. The van der Waals surface area contributed by atoms with Crippen molar-refractivity contribution in [1.29, 1.82) is 0 Å². The Bertz CT molecular complexity index is 452. The van der Waals surface area contributed by atoms with Crippen LogP contribution in [0.25, 0.3) is 0 Å². The van der Waals surface area contributed by atoms with E-state index in [-0.39, 0.29) is 17.1 Å². The lowest BCUT2D eigenvalue weighted by molar-refractivity contribution is -0.131. The minimum absolute atomic E-state index is 0.00984. The van der Waals surface area contributed by atoms with Crippen molar-refractivity contribution in [1.82, 2.24) is 4.90 Å². The van der Waals surface area contributed by atoms with Gasteiger partial charge in [-0.25, -0.2) is 4.39 Å². The lowest BCUT2D eigenvalue weighted by Crippen LogP contribution is -2.30. The van der Waals surface area contributed by atoms with Gasteiger partial charge in [-0.15, -0.1) is 11.8 Å². The van der Waals surface area contributed by atoms with Crippen LogP contribution in [0, 0.1) is 5.82 Å². The Hall–Kier alpha value is -1.03. The standard InChI is InChI=1S/C16H22FNOS/c1-2-3-4-5-9-15(19)18-10-11-20-16(18)13-7-6-8-14(17)12-13/h6-8,12,16H,2-5,9-11H2,1H3. The van der Waals surface area contributed by atoms with Crippen LogP contribution in [0.4, 0.5) is 4.39 Å². The highest BCUT2D eigenvalue weighted by Crippen LogP contribution is 2.38. The molecule has 0 N–H and O–H groups in total. The number of amides is 1. The third-order valence-corrected chi connectivity index (χ3v) is 4.85. The second kappa shape index (κ2) is 7.67. The van der Waals surface area contributed by atoms with Gasteiger partial charge in [-0.05, 0) is 24.1 Å². The lowest BCUT2D eigenvalue weighted by atomic mass is 10.1. The van der Waals surface area contributed by atoms with Gasteiger partial charge in [-0.3, -0.25) is 4.79 Å². The first-order chi connectivity index (χ1) is 9.72. The number of halogens is 1. The molecule has 1 aliphatic heterocycles. The van der Waals surface area contributed by atoms with Crippen LogP contribution in [0.1, 0.15) is 50.0 Å². The molecule has 0 radical (unpaired) electrons. The Morgan fingerprint density at radius 1 is 1.40 bits per heavy atom. The molecule has 0 aromatic heterocycles. The molecule has 0 aliphatic carbocycles. The minimum atomic E-state index is -0.231. The summed E-state index contributed by atoms with van der Waals surface area (Å²) in [5, 5.41) is -0.00984. The average molecular weight is 295 g/mol. The molecule has 1 unspecified atom stereocenters. The summed E-state index contributed by atoms with van der Waals surface area (Å²) in [6.45, 7) is 2.94. The van der Waals surface area contributed by atoms with Gasteiger partial charge in [0, 0.05) is 18.7 Å². The second-order valence-electron chi connectivity index (χ2n) is 5.18. The first-order valence-electron chi connectivity index (χ1n) is 7.39. The number of hydrogen-bond acceptors (Lipinski definition) is 2. The number of rotatable bonds is 6. The Morgan fingerprint density at radius 3 is 3.00 bits per heavy atom. The van der Waals surface area contributed by atoms with E-state index in [0.717, 1.165) is 30.7 Å². The Morgan fingerprint density at radius 2 is 2.25 bits per heavy atom. The van der Waals surface area contributed by atoms with E-state index in [4.69, 9.17) is 0 Å². The maximum Gasteiger partial charge on any atom is 0.223 e. The molecule has 1 aromatic rings. The summed E-state index contributed by atoms with van der Waals surface area (Å²) in [6, 6.07) is 6.61. The van der Waals surface area contributed by atoms with E-state index >= 15 is 0 Å². The molecule has 1 amide bonds. The van der Waals surface area contributed by atoms with Gasteiger partial charge in [0.1, 0.15) is 11.2 Å². The predicted molar refractivity (Wildman–Crippen MR) is 82.1 cm³/mol. The van der Waals surface area contributed by atoms with Crippen molar-refractivity contribution < 1.29 is 9.18 Å². The number of nitrogens with zero attached hydrogens (tertiary/aromatic N) is 1. The van der Waals surface area contributed by atoms with E-state index in [9.17, 15) is 9.18 Å². The average Bonchev–Trinajstić information content (AvgIpc) is 2.93. The predicted octanol–water partition coefficient (Wildman–Crippen LogP) is 4.37. The molecule has 0 saturated carbocycles. The fourth-order valence-electron chi connectivity index (χ4n) is 2.51. The molecule has 0 spiro atoms. The summed E-state index contributed by atoms with van der Waals surface area (Å²) >= 11 is 1.72. The van der Waals surface area contributed by atoms with Crippen LogP contribution in [0.2, 0.25) is 0 Å². The third-order valence-electron chi connectivity index (χ3n) is 3.59. The molecule has 1 aromatic carbocycles. The third kappa shape index (κ3) is 3.98. The second-order valence-corrected chi connectivity index (χ2v) is 6.36. The molecular formula is C16H22FNOS. The summed E-state index contributed by atoms with van der Waals surface area (Å²) in [5.74, 6) is 0.910. The van der Waals surface area contributed by atoms with Gasteiger partial charge < -0.3 is 4.90 Å². The molecule has 1 saturated heterocycles. The molecule has 110 valence electrons. The topological polar surface area (TPSA) is 20.3 Å². The SMILES string of the molecule is CCCCCCC(=O)N1CCSC1c1cccc(F)c1. The van der Waals surface area contributed by atoms with Crippen LogP contribution >= 0.6 is 11.8 Å². The summed E-state index contributed by atoms with van der Waals surface area (Å²) in [5.41, 5.74) is 0.898. The zero-order valence-electron chi connectivity index (χ0n) is 12.0. The van der Waals surface area contributed by atoms with E-state index in [1.165, 1.54) is 18.9 Å². The fourth-order valence-corrected chi connectivity index (χ4v) is 3.78. The van der Waals surface area contributed by atoms with Gasteiger partial charge in [-0.1, -0.05) is 38.3 Å². The van der Waals surface area contributed by atoms with E-state index in [0.29, 0.717) is 6.42 Å². The zero-order chi connectivity index (χ0) is 14.4. The summed E-state index contributed by atoms with van der Waals surface area (Å²) < 4.78 is 13.3. The molecule has 2 nitrogen and oxygen atoms in total. The van der Waals surface area contributed by atoms with E-state index in [1.807, 2.05) is 11.0 Å². The molecule has 20 heavy (non-hydrogen) atoms. The Balaban J connectivity index is 1.95. The van der Waals surface area contributed by atoms with Crippen molar-refractivity contribution in [2.45, 2.75) is 44.4 Å². The molecular weight excluding hydrogens is 273 g/mol. The fraction of sp³-hybridized carbons (Fsp3) is 0.562. The van der Waals surface area contributed by atoms with E-state index in [1.54, 1.807) is 23.9 Å². The normalized spacial score (nSPS) is 18.5. The maximum absolute atomic E-state index is 13.3. The number of benzene rings is 1. The Labute approximate surface area is 124 Å². The highest BCUT2D eigenvalue weighted by Gasteiger charge is 2.30. The van der Waals surface area contributed by atoms with Crippen LogP contribution in [0.3, 0.4) is 0 Å². The maximum atomic E-state index is 13.3. The van der Waals surface area contributed by atoms with Crippen LogP contribution in [0.5, 0.6) is 0 Å². The molecule has 1 aliphatic rings. The van der Waals surface area contributed by atoms with Crippen molar-refractivity contribution >= 4 is 17.7 Å². The Kier molecular flexibility index (Phi) is 5.89. The number of carbonyl (C=O) groups is 1. The number of hydrogen-bond donors (Lipinski definition) is 0. The highest BCUT2D eigenvalue weighted by molar-refractivity contribution is 7.99.